The van der Waals surface area contributed by atoms with Gasteiger partial charge in [0.25, 0.3) is 0 Å². The number of nitriles is 1. The molecule has 0 bridgehead atoms. The Bertz CT molecular complexity index is 119. The van der Waals surface area contributed by atoms with Gasteiger partial charge in [0, 0.05) is 7.11 Å². The van der Waals surface area contributed by atoms with Crippen LogP contribution in [0, 0.1) is 11.3 Å². The summed E-state index contributed by atoms with van der Waals surface area (Å²) in [4.78, 5) is 0. The Morgan fingerprint density at radius 2 is 2.30 bits per heavy atom. The second-order valence-corrected chi connectivity index (χ2v) is 2.22. The van der Waals surface area contributed by atoms with E-state index in [0.717, 1.165) is 12.8 Å². The van der Waals surface area contributed by atoms with Gasteiger partial charge in [-0.15, -0.1) is 0 Å². The zero-order valence-corrected chi connectivity index (χ0v) is 6.50. The predicted octanol–water partition coefficient (Wildman–Crippen LogP) is 0.652. The Morgan fingerprint density at radius 3 is 2.60 bits per heavy atom. The molecule has 0 spiro atoms. The highest BCUT2D eigenvalue weighted by atomic mass is 16.5. The Hall–Kier alpha value is -0.590. The van der Waals surface area contributed by atoms with Crippen molar-refractivity contribution in [1.29, 1.82) is 5.26 Å². The first-order valence-electron chi connectivity index (χ1n) is 3.44. The molecule has 2 unspecified atom stereocenters. The van der Waals surface area contributed by atoms with Gasteiger partial charge in [-0.05, 0) is 6.42 Å². The SMILES string of the molecule is CCCC(OC)C(N)C#N. The second kappa shape index (κ2) is 5.21. The molecule has 3 heteroatoms. The maximum atomic E-state index is 8.41. The summed E-state index contributed by atoms with van der Waals surface area (Å²) in [5.74, 6) is 0. The molecule has 0 saturated heterocycles. The van der Waals surface area contributed by atoms with E-state index >= 15 is 0 Å². The molecule has 0 aliphatic heterocycles. The fraction of sp³-hybridized carbons (Fsp3) is 0.857. The molecule has 0 aromatic rings. The maximum absolute atomic E-state index is 8.41. The van der Waals surface area contributed by atoms with E-state index in [9.17, 15) is 0 Å². The number of ether oxygens (including phenoxy) is 1. The Labute approximate surface area is 61.8 Å². The normalized spacial score (nSPS) is 15.8. The standard InChI is InChI=1S/C7H14N2O/c1-3-4-7(10-2)6(9)5-8/h6-7H,3-4,9H2,1-2H3. The zero-order chi connectivity index (χ0) is 7.98. The first-order valence-corrected chi connectivity index (χ1v) is 3.44. The van der Waals surface area contributed by atoms with E-state index in [2.05, 4.69) is 0 Å². The average molecular weight is 142 g/mol. The van der Waals surface area contributed by atoms with Crippen LogP contribution in [0.25, 0.3) is 0 Å². The van der Waals surface area contributed by atoms with Gasteiger partial charge in [0.2, 0.25) is 0 Å². The third-order valence-corrected chi connectivity index (χ3v) is 1.43. The molecule has 0 saturated carbocycles. The van der Waals surface area contributed by atoms with Gasteiger partial charge in [-0.25, -0.2) is 0 Å². The largest absolute Gasteiger partial charge is 0.379 e. The van der Waals surface area contributed by atoms with Gasteiger partial charge in [-0.1, -0.05) is 13.3 Å². The Balaban J connectivity index is 3.71. The summed E-state index contributed by atoms with van der Waals surface area (Å²) < 4.78 is 5.00. The van der Waals surface area contributed by atoms with Crippen molar-refractivity contribution >= 4 is 0 Å². The third-order valence-electron chi connectivity index (χ3n) is 1.43. The number of methoxy groups -OCH3 is 1. The van der Waals surface area contributed by atoms with Gasteiger partial charge in [-0.3, -0.25) is 0 Å². The molecule has 58 valence electrons. The highest BCUT2D eigenvalue weighted by Crippen LogP contribution is 2.03. The van der Waals surface area contributed by atoms with Crippen LogP contribution in [0.4, 0.5) is 0 Å². The molecule has 0 amide bonds. The summed E-state index contributed by atoms with van der Waals surface area (Å²) >= 11 is 0. The smallest absolute Gasteiger partial charge is 0.119 e. The van der Waals surface area contributed by atoms with Crippen LogP contribution in [0.2, 0.25) is 0 Å². The van der Waals surface area contributed by atoms with Gasteiger partial charge in [0.15, 0.2) is 0 Å². The van der Waals surface area contributed by atoms with E-state index in [-0.39, 0.29) is 6.10 Å². The summed E-state index contributed by atoms with van der Waals surface area (Å²) in [6.07, 6.45) is 1.74. The molecule has 0 rings (SSSR count). The molecule has 0 aliphatic rings. The summed E-state index contributed by atoms with van der Waals surface area (Å²) in [5.41, 5.74) is 5.43. The van der Waals surface area contributed by atoms with E-state index in [1.54, 1.807) is 7.11 Å². The lowest BCUT2D eigenvalue weighted by Crippen LogP contribution is -2.34. The van der Waals surface area contributed by atoms with Crippen molar-refractivity contribution in [2.45, 2.75) is 31.9 Å². The molecule has 0 heterocycles. The summed E-state index contributed by atoms with van der Waals surface area (Å²) in [6, 6.07) is 1.47. The number of hydrogen-bond donors (Lipinski definition) is 1. The van der Waals surface area contributed by atoms with Crippen molar-refractivity contribution in [3.8, 4) is 6.07 Å². The van der Waals surface area contributed by atoms with Crippen LogP contribution < -0.4 is 5.73 Å². The van der Waals surface area contributed by atoms with Crippen molar-refractivity contribution in [3.63, 3.8) is 0 Å². The first kappa shape index (κ1) is 9.41. The minimum Gasteiger partial charge on any atom is -0.379 e. The summed E-state index contributed by atoms with van der Waals surface area (Å²) in [6.45, 7) is 2.04. The molecule has 0 radical (unpaired) electrons. The second-order valence-electron chi connectivity index (χ2n) is 2.22. The third kappa shape index (κ3) is 2.81. The van der Waals surface area contributed by atoms with Gasteiger partial charge in [0.05, 0.1) is 12.2 Å². The van der Waals surface area contributed by atoms with Crippen molar-refractivity contribution in [2.24, 2.45) is 5.73 Å². The molecule has 2 atom stereocenters. The van der Waals surface area contributed by atoms with Crippen LogP contribution in [0.1, 0.15) is 19.8 Å². The lowest BCUT2D eigenvalue weighted by atomic mass is 10.1. The number of rotatable bonds is 4. The van der Waals surface area contributed by atoms with Crippen LogP contribution in [0.5, 0.6) is 0 Å². The highest BCUT2D eigenvalue weighted by molar-refractivity contribution is 4.92. The molecular formula is C7H14N2O. The van der Waals surface area contributed by atoms with Crippen LogP contribution in [-0.2, 0) is 4.74 Å². The van der Waals surface area contributed by atoms with Crippen molar-refractivity contribution in [3.05, 3.63) is 0 Å². The topological polar surface area (TPSA) is 59.0 Å². The molecule has 2 N–H and O–H groups in total. The fourth-order valence-corrected chi connectivity index (χ4v) is 0.812. The lowest BCUT2D eigenvalue weighted by Gasteiger charge is -2.15. The quantitative estimate of drug-likeness (QED) is 0.627. The van der Waals surface area contributed by atoms with Crippen molar-refractivity contribution in [1.82, 2.24) is 0 Å². The minimum absolute atomic E-state index is 0.102. The number of nitrogens with zero attached hydrogens (tertiary/aromatic N) is 1. The molecular weight excluding hydrogens is 128 g/mol. The number of nitrogens with two attached hydrogens (primary N) is 1. The minimum atomic E-state index is -0.482. The van der Waals surface area contributed by atoms with E-state index in [1.165, 1.54) is 0 Å². The zero-order valence-electron chi connectivity index (χ0n) is 6.50. The van der Waals surface area contributed by atoms with Gasteiger partial charge >= 0.3 is 0 Å². The predicted molar refractivity (Wildman–Crippen MR) is 39.3 cm³/mol. The molecule has 0 aliphatic carbocycles. The van der Waals surface area contributed by atoms with E-state index in [4.69, 9.17) is 15.7 Å². The molecule has 3 nitrogen and oxygen atoms in total. The van der Waals surface area contributed by atoms with Crippen LogP contribution in [0.15, 0.2) is 0 Å². The summed E-state index contributed by atoms with van der Waals surface area (Å²) in [7, 11) is 1.58. The highest BCUT2D eigenvalue weighted by Gasteiger charge is 2.14. The van der Waals surface area contributed by atoms with Gasteiger partial charge < -0.3 is 10.5 Å². The van der Waals surface area contributed by atoms with Crippen LogP contribution in [-0.4, -0.2) is 19.3 Å². The maximum Gasteiger partial charge on any atom is 0.119 e. The monoisotopic (exact) mass is 142 g/mol. The Kier molecular flexibility index (Phi) is 4.91. The van der Waals surface area contributed by atoms with Crippen molar-refractivity contribution < 1.29 is 4.74 Å². The molecule has 0 fully saturated rings. The van der Waals surface area contributed by atoms with E-state index in [1.807, 2.05) is 13.0 Å². The molecule has 0 aromatic heterocycles. The Morgan fingerprint density at radius 1 is 1.70 bits per heavy atom. The number of hydrogen-bond acceptors (Lipinski definition) is 3. The van der Waals surface area contributed by atoms with Crippen LogP contribution >= 0.6 is 0 Å². The van der Waals surface area contributed by atoms with Gasteiger partial charge in [0.1, 0.15) is 6.04 Å². The van der Waals surface area contributed by atoms with Gasteiger partial charge in [-0.2, -0.15) is 5.26 Å². The fourth-order valence-electron chi connectivity index (χ4n) is 0.812. The molecule has 10 heavy (non-hydrogen) atoms. The van der Waals surface area contributed by atoms with Crippen molar-refractivity contribution in [2.75, 3.05) is 7.11 Å². The van der Waals surface area contributed by atoms with E-state index in [0.29, 0.717) is 0 Å². The molecule has 0 aromatic carbocycles. The van der Waals surface area contributed by atoms with Crippen LogP contribution in [0.3, 0.4) is 0 Å². The summed E-state index contributed by atoms with van der Waals surface area (Å²) in [5, 5.41) is 8.41. The lowest BCUT2D eigenvalue weighted by molar-refractivity contribution is 0.0861. The van der Waals surface area contributed by atoms with E-state index < -0.39 is 6.04 Å². The first-order chi connectivity index (χ1) is 4.76. The average Bonchev–Trinajstić information content (AvgIpc) is 1.99.